The Morgan fingerprint density at radius 2 is 1.74 bits per heavy atom. The second-order valence-corrected chi connectivity index (χ2v) is 6.67. The highest BCUT2D eigenvalue weighted by atomic mass is 16.5. The van der Waals surface area contributed by atoms with E-state index in [0.29, 0.717) is 24.3 Å². The zero-order chi connectivity index (χ0) is 19.2. The van der Waals surface area contributed by atoms with Crippen molar-refractivity contribution in [1.29, 1.82) is 5.26 Å². The molecule has 0 aromatic heterocycles. The van der Waals surface area contributed by atoms with Crippen molar-refractivity contribution in [3.8, 4) is 22.9 Å². The van der Waals surface area contributed by atoms with Crippen molar-refractivity contribution in [3.63, 3.8) is 0 Å². The fraction of sp³-hybridized carbons (Fsp3) is 0.318. The average molecular weight is 362 g/mol. The standard InChI is InChI=1S/C22H22N2O3/c1-2-21(25)24-13-3-4-19(15-24)22(26)27-20-11-9-18(10-12-20)17-7-5-16(14-23)6-8-17/h5-12,19H,2-4,13,15H2,1H3. The third-order valence-corrected chi connectivity index (χ3v) is 4.83. The van der Waals surface area contributed by atoms with Gasteiger partial charge in [0.2, 0.25) is 5.91 Å². The number of piperidine rings is 1. The molecule has 5 heteroatoms. The van der Waals surface area contributed by atoms with Gasteiger partial charge < -0.3 is 9.64 Å². The van der Waals surface area contributed by atoms with Crippen LogP contribution in [0.1, 0.15) is 31.7 Å². The van der Waals surface area contributed by atoms with Gasteiger partial charge in [-0.15, -0.1) is 0 Å². The van der Waals surface area contributed by atoms with E-state index in [1.54, 1.807) is 29.2 Å². The SMILES string of the molecule is CCC(=O)N1CCCC(C(=O)Oc2ccc(-c3ccc(C#N)cc3)cc2)C1. The lowest BCUT2D eigenvalue weighted by Crippen LogP contribution is -2.43. The third-order valence-electron chi connectivity index (χ3n) is 4.83. The van der Waals surface area contributed by atoms with E-state index in [9.17, 15) is 9.59 Å². The van der Waals surface area contributed by atoms with Crippen LogP contribution in [0.2, 0.25) is 0 Å². The number of carbonyl (C=O) groups excluding carboxylic acids is 2. The Kier molecular flexibility index (Phi) is 5.87. The number of carbonyl (C=O) groups is 2. The van der Waals surface area contributed by atoms with Crippen LogP contribution < -0.4 is 4.74 Å². The second kappa shape index (κ2) is 8.50. The molecule has 1 fully saturated rings. The van der Waals surface area contributed by atoms with Crippen molar-refractivity contribution < 1.29 is 14.3 Å². The number of nitriles is 1. The Balaban J connectivity index is 1.63. The highest BCUT2D eigenvalue weighted by Crippen LogP contribution is 2.24. The molecule has 0 N–H and O–H groups in total. The first-order valence-electron chi connectivity index (χ1n) is 9.20. The zero-order valence-corrected chi connectivity index (χ0v) is 15.4. The van der Waals surface area contributed by atoms with Gasteiger partial charge in [0.05, 0.1) is 17.6 Å². The van der Waals surface area contributed by atoms with E-state index in [0.717, 1.165) is 30.5 Å². The van der Waals surface area contributed by atoms with E-state index in [1.165, 1.54) is 0 Å². The van der Waals surface area contributed by atoms with Crippen LogP contribution in [0.4, 0.5) is 0 Å². The van der Waals surface area contributed by atoms with E-state index in [4.69, 9.17) is 10.00 Å². The molecule has 0 saturated carbocycles. The van der Waals surface area contributed by atoms with Gasteiger partial charge in [-0.05, 0) is 48.2 Å². The molecule has 1 aliphatic heterocycles. The molecule has 1 saturated heterocycles. The van der Waals surface area contributed by atoms with Gasteiger partial charge in [-0.1, -0.05) is 31.2 Å². The molecular formula is C22H22N2O3. The molecule has 2 aromatic rings. The lowest BCUT2D eigenvalue weighted by molar-refractivity contribution is -0.143. The molecule has 27 heavy (non-hydrogen) atoms. The maximum Gasteiger partial charge on any atom is 0.316 e. The molecule has 3 rings (SSSR count). The molecule has 0 aliphatic carbocycles. The quantitative estimate of drug-likeness (QED) is 0.613. The number of rotatable bonds is 4. The van der Waals surface area contributed by atoms with Gasteiger partial charge in [0.25, 0.3) is 0 Å². The van der Waals surface area contributed by atoms with Crippen LogP contribution >= 0.6 is 0 Å². The number of hydrogen-bond donors (Lipinski definition) is 0. The summed E-state index contributed by atoms with van der Waals surface area (Å²) in [5.41, 5.74) is 2.59. The summed E-state index contributed by atoms with van der Waals surface area (Å²) in [6, 6.07) is 16.7. The lowest BCUT2D eigenvalue weighted by atomic mass is 9.98. The average Bonchev–Trinajstić information content (AvgIpc) is 2.74. The molecule has 5 nitrogen and oxygen atoms in total. The lowest BCUT2D eigenvalue weighted by Gasteiger charge is -2.31. The van der Waals surface area contributed by atoms with Gasteiger partial charge in [0.1, 0.15) is 5.75 Å². The van der Waals surface area contributed by atoms with Crippen molar-refractivity contribution in [1.82, 2.24) is 4.90 Å². The van der Waals surface area contributed by atoms with Gasteiger partial charge in [-0.25, -0.2) is 0 Å². The summed E-state index contributed by atoms with van der Waals surface area (Å²) in [5.74, 6) is 0.0257. The predicted molar refractivity (Wildman–Crippen MR) is 102 cm³/mol. The molecule has 2 aromatic carbocycles. The summed E-state index contributed by atoms with van der Waals surface area (Å²) in [4.78, 5) is 26.1. The molecule has 138 valence electrons. The fourth-order valence-electron chi connectivity index (χ4n) is 3.27. The topological polar surface area (TPSA) is 70.4 Å². The number of amides is 1. The molecular weight excluding hydrogens is 340 g/mol. The third kappa shape index (κ3) is 4.53. The van der Waals surface area contributed by atoms with Crippen LogP contribution in [0.5, 0.6) is 5.75 Å². The maximum atomic E-state index is 12.5. The van der Waals surface area contributed by atoms with Crippen molar-refractivity contribution in [2.75, 3.05) is 13.1 Å². The summed E-state index contributed by atoms with van der Waals surface area (Å²) in [7, 11) is 0. The van der Waals surface area contributed by atoms with E-state index in [2.05, 4.69) is 6.07 Å². The maximum absolute atomic E-state index is 12.5. The van der Waals surface area contributed by atoms with E-state index >= 15 is 0 Å². The predicted octanol–water partition coefficient (Wildman–Crippen LogP) is 3.78. The second-order valence-electron chi connectivity index (χ2n) is 6.67. The van der Waals surface area contributed by atoms with Gasteiger partial charge in [0, 0.05) is 19.5 Å². The molecule has 0 spiro atoms. The van der Waals surface area contributed by atoms with Crippen LogP contribution in [-0.2, 0) is 9.59 Å². The van der Waals surface area contributed by atoms with Gasteiger partial charge >= 0.3 is 5.97 Å². The summed E-state index contributed by atoms with van der Waals surface area (Å²) in [6.07, 6.45) is 2.03. The highest BCUT2D eigenvalue weighted by Gasteiger charge is 2.29. The van der Waals surface area contributed by atoms with Crippen molar-refractivity contribution in [2.45, 2.75) is 26.2 Å². The van der Waals surface area contributed by atoms with E-state index in [-0.39, 0.29) is 17.8 Å². The molecule has 0 bridgehead atoms. The Bertz CT molecular complexity index is 851. The molecule has 0 radical (unpaired) electrons. The number of ether oxygens (including phenoxy) is 1. The minimum absolute atomic E-state index is 0.0827. The Labute approximate surface area is 159 Å². The summed E-state index contributed by atoms with van der Waals surface area (Å²) >= 11 is 0. The summed E-state index contributed by atoms with van der Waals surface area (Å²) < 4.78 is 5.52. The first kappa shape index (κ1) is 18.7. The van der Waals surface area contributed by atoms with Crippen LogP contribution in [0, 0.1) is 17.2 Å². The van der Waals surface area contributed by atoms with Crippen LogP contribution in [0.15, 0.2) is 48.5 Å². The smallest absolute Gasteiger partial charge is 0.316 e. The number of benzene rings is 2. The molecule has 1 heterocycles. The first-order valence-corrected chi connectivity index (χ1v) is 9.20. The number of likely N-dealkylation sites (tertiary alicyclic amines) is 1. The van der Waals surface area contributed by atoms with Crippen molar-refractivity contribution >= 4 is 11.9 Å². The van der Waals surface area contributed by atoms with Crippen molar-refractivity contribution in [2.24, 2.45) is 5.92 Å². The van der Waals surface area contributed by atoms with Crippen LogP contribution in [0.25, 0.3) is 11.1 Å². The van der Waals surface area contributed by atoms with Gasteiger partial charge in [-0.3, -0.25) is 9.59 Å². The molecule has 1 atom stereocenters. The van der Waals surface area contributed by atoms with Crippen LogP contribution in [0.3, 0.4) is 0 Å². The van der Waals surface area contributed by atoms with E-state index < -0.39 is 0 Å². The zero-order valence-electron chi connectivity index (χ0n) is 15.4. The monoisotopic (exact) mass is 362 g/mol. The minimum Gasteiger partial charge on any atom is -0.426 e. The molecule has 1 unspecified atom stereocenters. The van der Waals surface area contributed by atoms with Crippen molar-refractivity contribution in [3.05, 3.63) is 54.1 Å². The summed E-state index contributed by atoms with van der Waals surface area (Å²) in [6.45, 7) is 2.99. The number of nitrogens with zero attached hydrogens (tertiary/aromatic N) is 2. The fourth-order valence-corrected chi connectivity index (χ4v) is 3.27. The Hall–Kier alpha value is -3.13. The van der Waals surface area contributed by atoms with E-state index in [1.807, 2.05) is 31.2 Å². The molecule has 1 amide bonds. The largest absolute Gasteiger partial charge is 0.426 e. The Morgan fingerprint density at radius 1 is 1.11 bits per heavy atom. The normalized spacial score (nSPS) is 16.4. The molecule has 1 aliphatic rings. The van der Waals surface area contributed by atoms with Gasteiger partial charge in [-0.2, -0.15) is 5.26 Å². The highest BCUT2D eigenvalue weighted by molar-refractivity contribution is 5.79. The number of hydrogen-bond acceptors (Lipinski definition) is 4. The van der Waals surface area contributed by atoms with Crippen LogP contribution in [-0.4, -0.2) is 29.9 Å². The number of esters is 1. The van der Waals surface area contributed by atoms with Gasteiger partial charge in [0.15, 0.2) is 0 Å². The summed E-state index contributed by atoms with van der Waals surface area (Å²) in [5, 5.41) is 8.87. The Morgan fingerprint density at radius 3 is 2.33 bits per heavy atom. The first-order chi connectivity index (χ1) is 13.1. The minimum atomic E-state index is -0.283.